The number of alkyl halides is 6. The van der Waals surface area contributed by atoms with Crippen LogP contribution in [0.15, 0.2) is 109 Å². The van der Waals surface area contributed by atoms with Gasteiger partial charge in [0.15, 0.2) is 0 Å². The molecule has 246 valence electrons. The van der Waals surface area contributed by atoms with Gasteiger partial charge in [0, 0.05) is 27.8 Å². The Balaban J connectivity index is 0.000000744. The molecular formula is C35H42F6N2O2. The Hall–Kier alpha value is -4.02. The number of hydrogen-bond acceptors (Lipinski definition) is 4. The quantitative estimate of drug-likeness (QED) is 0.156. The molecule has 0 aliphatic carbocycles. The third-order valence-corrected chi connectivity index (χ3v) is 4.06. The predicted octanol–water partition coefficient (Wildman–Crippen LogP) is 9.88. The zero-order valence-corrected chi connectivity index (χ0v) is 20.7. The van der Waals surface area contributed by atoms with Gasteiger partial charge in [-0.25, -0.2) is 0 Å². The zero-order valence-electron chi connectivity index (χ0n) is 51.7. The van der Waals surface area contributed by atoms with Gasteiger partial charge < -0.3 is 20.5 Å². The lowest BCUT2D eigenvalue weighted by molar-refractivity contribution is -0.138. The van der Waals surface area contributed by atoms with Crippen LogP contribution in [0.4, 0.5) is 26.3 Å². The largest absolute Gasteiger partial charge is 0.486 e. The third kappa shape index (κ3) is 12.9. The van der Waals surface area contributed by atoms with E-state index in [0.29, 0.717) is 0 Å². The number of rotatable bonds is 11. The molecule has 0 saturated carbocycles. The third-order valence-electron chi connectivity index (χ3n) is 4.06. The summed E-state index contributed by atoms with van der Waals surface area (Å²) in [5, 5.41) is 1.25. The van der Waals surface area contributed by atoms with Gasteiger partial charge in [0.05, 0.1) is 38.5 Å². The molecule has 0 unspecified atom stereocenters. The van der Waals surface area contributed by atoms with Gasteiger partial charge in [0.25, 0.3) is 0 Å². The highest BCUT2D eigenvalue weighted by atomic mass is 19.4. The molecule has 0 saturated heterocycles. The van der Waals surface area contributed by atoms with E-state index in [1.165, 1.54) is 5.32 Å². The second-order valence-electron chi connectivity index (χ2n) is 6.91. The second-order valence-corrected chi connectivity index (χ2v) is 6.91. The maximum Gasteiger partial charge on any atom is 0.416 e. The van der Waals surface area contributed by atoms with Crippen molar-refractivity contribution in [1.29, 1.82) is 0 Å². The molecule has 0 aliphatic rings. The van der Waals surface area contributed by atoms with Crippen LogP contribution < -0.4 is 20.5 Å². The molecule has 4 aromatic rings. The summed E-state index contributed by atoms with van der Waals surface area (Å²) in [6.45, 7) is -10.9. The fraction of sp³-hybridized carbons (Fsp3) is 0.314. The molecule has 4 aromatic carbocycles. The van der Waals surface area contributed by atoms with Crippen molar-refractivity contribution >= 4 is 0 Å². The highest BCUT2D eigenvalue weighted by molar-refractivity contribution is 5.31. The van der Waals surface area contributed by atoms with E-state index in [4.69, 9.17) is 57.7 Å². The Morgan fingerprint density at radius 2 is 1.07 bits per heavy atom. The lowest BCUT2D eigenvalue weighted by Crippen LogP contribution is -2.16. The SMILES string of the molecule is C.C.[2H]c1c([2H])c([2H])c([C@]([2H])(Oc2c([2H])c([2H])c(C(F)(F)F)c([2H])c2[2H])C([2H])([2H])C([2H])([2H])N)c([2H])c1[2H].[2H]c1c([2H])c([2H])c([C@]([2H])(Oc2c([2H])c([2H])c(C(F)(F)F)c([2H])c2[2H])C([2H])([2H])C([2H])([2H])NC([2H])([2H])[2H])c([2H])c1[2H]. The molecule has 0 amide bonds. The first-order valence-corrected chi connectivity index (χ1v) is 10.7. The van der Waals surface area contributed by atoms with Crippen LogP contribution in [0.3, 0.4) is 0 Å². The number of nitrogens with one attached hydrogen (secondary N) is 1. The van der Waals surface area contributed by atoms with Gasteiger partial charge in [-0.15, -0.1) is 0 Å². The molecule has 10 heteroatoms. The number of hydrogen-bond donors (Lipinski definition) is 2. The summed E-state index contributed by atoms with van der Waals surface area (Å²) in [6, 6.07) is -25.2. The molecule has 4 nitrogen and oxygen atoms in total. The van der Waals surface area contributed by atoms with Crippen molar-refractivity contribution in [1.82, 2.24) is 5.32 Å². The van der Waals surface area contributed by atoms with Crippen molar-refractivity contribution in [3.8, 4) is 11.5 Å². The predicted molar refractivity (Wildman–Crippen MR) is 168 cm³/mol. The van der Waals surface area contributed by atoms with Crippen molar-refractivity contribution in [3.05, 3.63) is 131 Å². The first kappa shape index (κ1) is 12.6. The van der Waals surface area contributed by atoms with Crippen LogP contribution in [0.2, 0.25) is 0 Å². The van der Waals surface area contributed by atoms with Crippen LogP contribution in [0, 0.1) is 0 Å². The standard InChI is InChI=1S/C17H18F3NO.C16H16F3NO.2CH4/c1-21-12-11-16(13-5-3-2-4-6-13)22-15-9-7-14(8-10-15)17(18,19)20;17-16(18,19)13-6-8-14(9-7-13)21-15(10-11-20)12-4-2-1-3-5-12;;/h2-10,16,21H,11-12H2,1H3;1-9,15H,10-11,20H2;2*1H4/t16-;15-;;/m11../s1/i1D3,2D,3D,4D,5D,6D,7D,8D,9D,10D,11D2,12D2,16D;1D,2D,3D,4D,5D,6D,7D,8D,9D,10D2,11D2,15D;;. The van der Waals surface area contributed by atoms with Crippen molar-refractivity contribution in [2.45, 2.75) is 52.1 Å². The molecule has 0 aliphatic heterocycles. The van der Waals surface area contributed by atoms with Crippen LogP contribution >= 0.6 is 0 Å². The first-order valence-electron chi connectivity index (χ1n) is 26.2. The summed E-state index contributed by atoms with van der Waals surface area (Å²) in [5.41, 5.74) is -1.69. The van der Waals surface area contributed by atoms with Crippen molar-refractivity contribution < 1.29 is 78.3 Å². The van der Waals surface area contributed by atoms with Crippen molar-refractivity contribution in [2.75, 3.05) is 20.0 Å². The Labute approximate surface area is 305 Å². The second kappa shape index (κ2) is 18.7. The van der Waals surface area contributed by atoms with Gasteiger partial charge >= 0.3 is 12.4 Å². The van der Waals surface area contributed by atoms with E-state index >= 15 is 0 Å². The minimum absolute atomic E-state index is 0. The normalized spacial score (nSPS) is 25.2. The summed E-state index contributed by atoms with van der Waals surface area (Å²) in [6.07, 6.45) is -26.7. The molecule has 0 spiro atoms. The van der Waals surface area contributed by atoms with Gasteiger partial charge in [-0.2, -0.15) is 26.3 Å². The molecule has 4 rings (SSSR count). The molecule has 2 atom stereocenters. The zero-order chi connectivity index (χ0) is 58.5. The van der Waals surface area contributed by atoms with Gasteiger partial charge in [-0.3, -0.25) is 0 Å². The highest BCUT2D eigenvalue weighted by Gasteiger charge is 2.31. The fourth-order valence-corrected chi connectivity index (χ4v) is 2.35. The van der Waals surface area contributed by atoms with Crippen LogP contribution in [-0.4, -0.2) is 20.0 Å². The molecule has 0 aromatic heterocycles. The molecule has 45 heavy (non-hydrogen) atoms. The Morgan fingerprint density at radius 1 is 0.689 bits per heavy atom. The Kier molecular flexibility index (Phi) is 5.26. The Bertz CT molecular complexity index is 2780. The van der Waals surface area contributed by atoms with E-state index in [0.717, 1.165) is 0 Å². The van der Waals surface area contributed by atoms with Crippen LogP contribution in [-0.2, 0) is 12.4 Å². The average molecular weight is 668 g/mol. The first-order chi connectivity index (χ1) is 32.8. The van der Waals surface area contributed by atoms with E-state index in [1.807, 2.05) is 0 Å². The van der Waals surface area contributed by atoms with Crippen molar-refractivity contribution in [3.63, 3.8) is 0 Å². The fourth-order valence-electron chi connectivity index (χ4n) is 2.35. The van der Waals surface area contributed by atoms with Crippen LogP contribution in [0.5, 0.6) is 11.5 Å². The van der Waals surface area contributed by atoms with E-state index in [-0.39, 0.29) is 14.9 Å². The topological polar surface area (TPSA) is 56.5 Å². The maximum atomic E-state index is 13.4. The smallest absolute Gasteiger partial charge is 0.416 e. The maximum absolute atomic E-state index is 13.4. The number of nitrogens with two attached hydrogens (primary N) is 1. The van der Waals surface area contributed by atoms with Gasteiger partial charge in [-0.05, 0) is 79.4 Å². The molecular weight excluding hydrogens is 594 g/mol. The minimum Gasteiger partial charge on any atom is -0.486 e. The van der Waals surface area contributed by atoms with Gasteiger partial charge in [-0.1, -0.05) is 75.3 Å². The molecule has 0 fully saturated rings. The summed E-state index contributed by atoms with van der Waals surface area (Å²) in [5.74, 6) is -3.05. The summed E-state index contributed by atoms with van der Waals surface area (Å²) < 4.78 is 334. The van der Waals surface area contributed by atoms with Crippen molar-refractivity contribution in [2.24, 2.45) is 5.73 Å². The summed E-state index contributed by atoms with van der Waals surface area (Å²) in [4.78, 5) is 0. The minimum atomic E-state index is -5.42. The number of ether oxygens (including phenoxy) is 2. The van der Waals surface area contributed by atoms with Gasteiger partial charge in [0.2, 0.25) is 0 Å². The molecule has 0 bridgehead atoms. The van der Waals surface area contributed by atoms with Gasteiger partial charge in [0.1, 0.15) is 23.7 Å². The summed E-state index contributed by atoms with van der Waals surface area (Å²) in [7, 11) is 0. The Morgan fingerprint density at radius 3 is 1.40 bits per heavy atom. The monoisotopic (exact) mass is 668 g/mol. The van der Waals surface area contributed by atoms with Crippen LogP contribution in [0.25, 0.3) is 0 Å². The molecule has 3 N–H and O–H groups in total. The van der Waals surface area contributed by atoms with E-state index in [9.17, 15) is 26.3 Å². The molecule has 0 heterocycles. The highest BCUT2D eigenvalue weighted by Crippen LogP contribution is 2.33. The van der Waals surface area contributed by atoms with Crippen LogP contribution in [0.1, 0.15) is 105 Å². The summed E-state index contributed by atoms with van der Waals surface area (Å²) >= 11 is 0. The molecule has 0 radical (unpaired) electrons. The lowest BCUT2D eigenvalue weighted by Gasteiger charge is -2.20. The number of halogens is 6. The average Bonchev–Trinajstić information content (AvgIpc) is 3.23. The van der Waals surface area contributed by atoms with E-state index < -0.39 is 200 Å². The number of benzene rings is 4. The van der Waals surface area contributed by atoms with E-state index in [2.05, 4.69) is 0 Å². The lowest BCUT2D eigenvalue weighted by atomic mass is 10.1. The van der Waals surface area contributed by atoms with E-state index in [1.54, 1.807) is 0 Å².